The van der Waals surface area contributed by atoms with Gasteiger partial charge in [0.05, 0.1) is 5.54 Å². The summed E-state index contributed by atoms with van der Waals surface area (Å²) in [5.41, 5.74) is 7.03. The van der Waals surface area contributed by atoms with Crippen LogP contribution in [0.15, 0.2) is 22.9 Å². The zero-order valence-corrected chi connectivity index (χ0v) is 9.56. The summed E-state index contributed by atoms with van der Waals surface area (Å²) in [5.74, 6) is 0.878. The monoisotopic (exact) mass is 218 g/mol. The van der Waals surface area contributed by atoms with E-state index < -0.39 is 5.54 Å². The lowest BCUT2D eigenvalue weighted by Crippen LogP contribution is -2.28. The molecule has 0 saturated carbocycles. The van der Waals surface area contributed by atoms with Gasteiger partial charge in [-0.15, -0.1) is 0 Å². The van der Waals surface area contributed by atoms with Crippen LogP contribution < -0.4 is 5.73 Å². The molecule has 0 aliphatic carbocycles. The molecule has 0 saturated heterocycles. The van der Waals surface area contributed by atoms with Crippen molar-refractivity contribution in [3.63, 3.8) is 0 Å². The molecule has 0 atom stereocenters. The van der Waals surface area contributed by atoms with Gasteiger partial charge in [-0.05, 0) is 38.5 Å². The molecule has 16 heavy (non-hydrogen) atoms. The fourth-order valence-electron chi connectivity index (χ4n) is 1.25. The molecule has 0 aromatic carbocycles. The molecule has 0 fully saturated rings. The third-order valence-electron chi connectivity index (χ3n) is 2.12. The lowest BCUT2D eigenvalue weighted by atomic mass is 10.1. The predicted octanol–water partition coefficient (Wildman–Crippen LogP) is 1.63. The number of nitrogens with two attached hydrogens (primary N) is 1. The van der Waals surface area contributed by atoms with E-state index in [-0.39, 0.29) is 0 Å². The first-order valence-corrected chi connectivity index (χ1v) is 5.03. The van der Waals surface area contributed by atoms with Gasteiger partial charge in [0, 0.05) is 6.20 Å². The van der Waals surface area contributed by atoms with E-state index in [0.717, 1.165) is 5.56 Å². The quantitative estimate of drug-likeness (QED) is 0.828. The number of rotatable bonds is 2. The number of aromatic nitrogens is 3. The summed E-state index contributed by atoms with van der Waals surface area (Å²) < 4.78 is 5.10. The van der Waals surface area contributed by atoms with E-state index in [0.29, 0.717) is 17.4 Å². The third kappa shape index (κ3) is 2.09. The van der Waals surface area contributed by atoms with Crippen molar-refractivity contribution in [2.75, 3.05) is 0 Å². The third-order valence-corrected chi connectivity index (χ3v) is 2.12. The summed E-state index contributed by atoms with van der Waals surface area (Å²) in [6, 6.07) is 3.81. The van der Waals surface area contributed by atoms with Gasteiger partial charge in [-0.1, -0.05) is 5.16 Å². The van der Waals surface area contributed by atoms with Crippen LogP contribution in [0.25, 0.3) is 11.5 Å². The van der Waals surface area contributed by atoms with Gasteiger partial charge in [0.25, 0.3) is 0 Å². The lowest BCUT2D eigenvalue weighted by Gasteiger charge is -2.10. The van der Waals surface area contributed by atoms with Crippen molar-refractivity contribution in [3.8, 4) is 11.5 Å². The normalized spacial score (nSPS) is 11.8. The van der Waals surface area contributed by atoms with Crippen LogP contribution >= 0.6 is 0 Å². The molecule has 0 amide bonds. The number of nitrogens with zero attached hydrogens (tertiary/aromatic N) is 3. The fraction of sp³-hybridized carbons (Fsp3) is 0.364. The highest BCUT2D eigenvalue weighted by atomic mass is 16.5. The Morgan fingerprint density at radius 3 is 2.69 bits per heavy atom. The van der Waals surface area contributed by atoms with E-state index in [1.165, 1.54) is 0 Å². The summed E-state index contributed by atoms with van der Waals surface area (Å²) in [7, 11) is 0. The minimum Gasteiger partial charge on any atom is -0.337 e. The number of hydrogen-bond donors (Lipinski definition) is 1. The van der Waals surface area contributed by atoms with Crippen molar-refractivity contribution in [1.29, 1.82) is 0 Å². The summed E-state index contributed by atoms with van der Waals surface area (Å²) in [6.45, 7) is 5.61. The van der Waals surface area contributed by atoms with Gasteiger partial charge in [-0.2, -0.15) is 4.98 Å². The minimum atomic E-state index is -0.630. The van der Waals surface area contributed by atoms with E-state index in [9.17, 15) is 0 Å². The molecular formula is C11H14N4O. The second-order valence-electron chi connectivity index (χ2n) is 4.36. The lowest BCUT2D eigenvalue weighted by molar-refractivity contribution is 0.312. The van der Waals surface area contributed by atoms with E-state index in [1.54, 1.807) is 6.20 Å². The molecule has 0 aliphatic heterocycles. The number of aryl methyl sites for hydroxylation is 1. The zero-order chi connectivity index (χ0) is 11.8. The van der Waals surface area contributed by atoms with Gasteiger partial charge in [0.15, 0.2) is 0 Å². The first-order valence-electron chi connectivity index (χ1n) is 5.03. The maximum atomic E-state index is 5.86. The first-order chi connectivity index (χ1) is 7.47. The van der Waals surface area contributed by atoms with Gasteiger partial charge in [-0.25, -0.2) is 0 Å². The SMILES string of the molecule is Cc1ccnc(-c2noc(C(C)(C)N)n2)c1. The highest BCUT2D eigenvalue weighted by molar-refractivity contribution is 5.49. The zero-order valence-electron chi connectivity index (χ0n) is 9.56. The van der Waals surface area contributed by atoms with Crippen molar-refractivity contribution >= 4 is 0 Å². The van der Waals surface area contributed by atoms with Gasteiger partial charge in [0.2, 0.25) is 11.7 Å². The largest absolute Gasteiger partial charge is 0.337 e. The standard InChI is InChI=1S/C11H14N4O/c1-7-4-5-13-8(6-7)9-14-10(16-15-9)11(2,3)12/h4-6H,12H2,1-3H3. The maximum absolute atomic E-state index is 5.86. The Hall–Kier alpha value is -1.75. The molecule has 2 N–H and O–H groups in total. The topological polar surface area (TPSA) is 77.8 Å². The van der Waals surface area contributed by atoms with Crippen molar-refractivity contribution in [2.24, 2.45) is 5.73 Å². The molecule has 5 nitrogen and oxygen atoms in total. The van der Waals surface area contributed by atoms with Crippen LogP contribution in [0.3, 0.4) is 0 Å². The van der Waals surface area contributed by atoms with Gasteiger partial charge >= 0.3 is 0 Å². The smallest absolute Gasteiger partial charge is 0.246 e. The highest BCUT2D eigenvalue weighted by Crippen LogP contribution is 2.19. The van der Waals surface area contributed by atoms with Crippen molar-refractivity contribution in [3.05, 3.63) is 29.8 Å². The molecule has 0 bridgehead atoms. The molecule has 0 unspecified atom stereocenters. The first kappa shape index (κ1) is 10.8. The molecule has 2 aromatic heterocycles. The molecule has 0 aliphatic rings. The van der Waals surface area contributed by atoms with Crippen molar-refractivity contribution in [2.45, 2.75) is 26.3 Å². The molecule has 0 spiro atoms. The van der Waals surface area contributed by atoms with Crippen LogP contribution in [0.4, 0.5) is 0 Å². The number of pyridine rings is 1. The van der Waals surface area contributed by atoms with E-state index in [1.807, 2.05) is 32.9 Å². The Balaban J connectivity index is 2.39. The summed E-state index contributed by atoms with van der Waals surface area (Å²) in [4.78, 5) is 8.41. The van der Waals surface area contributed by atoms with E-state index in [4.69, 9.17) is 10.3 Å². The minimum absolute atomic E-state index is 0.408. The predicted molar refractivity (Wildman–Crippen MR) is 59.5 cm³/mol. The van der Waals surface area contributed by atoms with Crippen LogP contribution in [0.1, 0.15) is 25.3 Å². The highest BCUT2D eigenvalue weighted by Gasteiger charge is 2.22. The van der Waals surface area contributed by atoms with Crippen LogP contribution in [-0.2, 0) is 5.54 Å². The van der Waals surface area contributed by atoms with Gasteiger partial charge in [-0.3, -0.25) is 4.98 Å². The van der Waals surface area contributed by atoms with Gasteiger partial charge in [0.1, 0.15) is 5.69 Å². The number of hydrogen-bond acceptors (Lipinski definition) is 5. The van der Waals surface area contributed by atoms with E-state index >= 15 is 0 Å². The van der Waals surface area contributed by atoms with Crippen molar-refractivity contribution in [1.82, 2.24) is 15.1 Å². The summed E-state index contributed by atoms with van der Waals surface area (Å²) in [6.07, 6.45) is 1.72. The fourth-order valence-corrected chi connectivity index (χ4v) is 1.25. The average molecular weight is 218 g/mol. The second kappa shape index (κ2) is 3.68. The molecule has 5 heteroatoms. The van der Waals surface area contributed by atoms with E-state index in [2.05, 4.69) is 15.1 Å². The molecule has 84 valence electrons. The molecule has 2 rings (SSSR count). The molecular weight excluding hydrogens is 204 g/mol. The Kier molecular flexibility index (Phi) is 2.47. The van der Waals surface area contributed by atoms with Crippen LogP contribution in [0.5, 0.6) is 0 Å². The van der Waals surface area contributed by atoms with Gasteiger partial charge < -0.3 is 10.3 Å². The molecule has 0 radical (unpaired) electrons. The Morgan fingerprint density at radius 2 is 2.12 bits per heavy atom. The average Bonchev–Trinajstić information content (AvgIpc) is 2.65. The van der Waals surface area contributed by atoms with Crippen LogP contribution in [-0.4, -0.2) is 15.1 Å². The molecule has 2 aromatic rings. The summed E-state index contributed by atoms with van der Waals surface area (Å²) >= 11 is 0. The van der Waals surface area contributed by atoms with Crippen LogP contribution in [0, 0.1) is 6.92 Å². The Bertz CT molecular complexity index is 499. The van der Waals surface area contributed by atoms with Crippen molar-refractivity contribution < 1.29 is 4.52 Å². The maximum Gasteiger partial charge on any atom is 0.246 e. The van der Waals surface area contributed by atoms with Crippen LogP contribution in [0.2, 0.25) is 0 Å². The Labute approximate surface area is 93.7 Å². The Morgan fingerprint density at radius 1 is 1.38 bits per heavy atom. The molecule has 2 heterocycles. The summed E-state index contributed by atoms with van der Waals surface area (Å²) in [5, 5.41) is 3.87. The second-order valence-corrected chi connectivity index (χ2v) is 4.36.